The maximum absolute atomic E-state index is 12.4. The van der Waals surface area contributed by atoms with Gasteiger partial charge in [-0.2, -0.15) is 0 Å². The average molecular weight is 402 g/mol. The Hall–Kier alpha value is -1.68. The van der Waals surface area contributed by atoms with Gasteiger partial charge in [-0.25, -0.2) is 0 Å². The number of benzene rings is 1. The monoisotopic (exact) mass is 401 g/mol. The third kappa shape index (κ3) is 11.2. The molecule has 0 aromatic heterocycles. The maximum Gasteiger partial charge on any atom is 0.220 e. The summed E-state index contributed by atoms with van der Waals surface area (Å²) in [4.78, 5) is 17.1. The van der Waals surface area contributed by atoms with Gasteiger partial charge in [0.05, 0.1) is 5.69 Å². The fourth-order valence-corrected chi connectivity index (χ4v) is 3.56. The van der Waals surface area contributed by atoms with Gasteiger partial charge in [-0.05, 0) is 57.4 Å². The summed E-state index contributed by atoms with van der Waals surface area (Å²) in [6.45, 7) is 9.35. The summed E-state index contributed by atoms with van der Waals surface area (Å²) in [5.41, 5.74) is 4.55. The molecule has 1 unspecified atom stereocenters. The summed E-state index contributed by atoms with van der Waals surface area (Å²) >= 11 is 0. The molecular weight excluding hydrogens is 358 g/mol. The Balaban J connectivity index is 2.42. The highest BCUT2D eigenvalue weighted by Crippen LogP contribution is 2.21. The Morgan fingerprint density at radius 3 is 2.45 bits per heavy atom. The van der Waals surface area contributed by atoms with Crippen molar-refractivity contribution < 1.29 is 4.79 Å². The van der Waals surface area contributed by atoms with Crippen molar-refractivity contribution in [3.8, 4) is 0 Å². The normalized spacial score (nSPS) is 12.8. The molecule has 1 aromatic rings. The third-order valence-corrected chi connectivity index (χ3v) is 5.42. The second-order valence-corrected chi connectivity index (χ2v) is 8.20. The number of unbranched alkanes of at least 4 members (excludes halogenated alkanes) is 5. The number of aliphatic imine (C=N–C) groups is 1. The van der Waals surface area contributed by atoms with Gasteiger partial charge in [0.25, 0.3) is 0 Å². The number of nitrogens with one attached hydrogen (secondary N) is 2. The first-order valence-corrected chi connectivity index (χ1v) is 11.6. The number of hydrogen-bond donors (Lipinski definition) is 2. The largest absolute Gasteiger partial charge is 0.352 e. The van der Waals surface area contributed by atoms with E-state index in [-0.39, 0.29) is 11.9 Å². The Labute approximate surface area is 179 Å². The Morgan fingerprint density at radius 1 is 1.07 bits per heavy atom. The van der Waals surface area contributed by atoms with E-state index in [0.29, 0.717) is 12.8 Å². The van der Waals surface area contributed by atoms with Crippen molar-refractivity contribution in [3.05, 3.63) is 29.3 Å². The van der Waals surface area contributed by atoms with Crippen molar-refractivity contribution in [1.29, 1.82) is 0 Å². The summed E-state index contributed by atoms with van der Waals surface area (Å²) in [6, 6.07) is 6.64. The number of nitrogens with zero attached hydrogens (tertiary/aromatic N) is 1. The second-order valence-electron chi connectivity index (χ2n) is 8.20. The van der Waals surface area contributed by atoms with E-state index in [1.54, 1.807) is 0 Å². The molecule has 0 saturated carbocycles. The van der Waals surface area contributed by atoms with Crippen LogP contribution in [0, 0.1) is 6.92 Å². The van der Waals surface area contributed by atoms with E-state index in [2.05, 4.69) is 49.6 Å². The molecule has 0 aliphatic heterocycles. The van der Waals surface area contributed by atoms with Gasteiger partial charge in [-0.1, -0.05) is 64.5 Å². The highest BCUT2D eigenvalue weighted by molar-refractivity contribution is 5.89. The van der Waals surface area contributed by atoms with Gasteiger partial charge < -0.3 is 10.6 Å². The van der Waals surface area contributed by atoms with E-state index in [1.807, 2.05) is 14.0 Å². The van der Waals surface area contributed by atoms with Gasteiger partial charge in [0.1, 0.15) is 0 Å². The molecule has 0 fully saturated rings. The Bertz CT molecular complexity index is 624. The molecule has 1 rings (SSSR count). The molecule has 2 N–H and O–H groups in total. The minimum Gasteiger partial charge on any atom is -0.352 e. The van der Waals surface area contributed by atoms with Crippen LogP contribution >= 0.6 is 0 Å². The van der Waals surface area contributed by atoms with Crippen molar-refractivity contribution >= 4 is 17.3 Å². The summed E-state index contributed by atoms with van der Waals surface area (Å²) in [5, 5.41) is 6.42. The lowest BCUT2D eigenvalue weighted by Crippen LogP contribution is -2.41. The molecule has 164 valence electrons. The molecule has 4 nitrogen and oxygen atoms in total. The topological polar surface area (TPSA) is 53.5 Å². The molecule has 4 heteroatoms. The van der Waals surface area contributed by atoms with Crippen LogP contribution in [0.15, 0.2) is 23.2 Å². The number of hydrogen-bond acceptors (Lipinski definition) is 3. The third-order valence-electron chi connectivity index (χ3n) is 5.42. The van der Waals surface area contributed by atoms with Crippen LogP contribution in [0.25, 0.3) is 0 Å². The summed E-state index contributed by atoms with van der Waals surface area (Å²) in [6.07, 6.45) is 11.0. The minimum atomic E-state index is 0.129. The van der Waals surface area contributed by atoms with E-state index in [4.69, 9.17) is 4.99 Å². The van der Waals surface area contributed by atoms with Crippen molar-refractivity contribution in [3.63, 3.8) is 0 Å². The SMILES string of the molecule is CCCCCCCCC(CNC)NC(=O)CCC(C)=Nc1ccc(CC)cc1C. The molecule has 0 aliphatic carbocycles. The van der Waals surface area contributed by atoms with Crippen LogP contribution in [0.1, 0.15) is 89.7 Å². The van der Waals surface area contributed by atoms with Gasteiger partial charge in [-0.3, -0.25) is 9.79 Å². The molecule has 1 aromatic carbocycles. The van der Waals surface area contributed by atoms with E-state index in [0.717, 1.165) is 30.8 Å². The van der Waals surface area contributed by atoms with E-state index >= 15 is 0 Å². The number of carbonyl (C=O) groups excluding carboxylic acids is 1. The molecule has 29 heavy (non-hydrogen) atoms. The van der Waals surface area contributed by atoms with Crippen LogP contribution in [0.4, 0.5) is 5.69 Å². The fourth-order valence-electron chi connectivity index (χ4n) is 3.56. The quantitative estimate of drug-likeness (QED) is 0.285. The first kappa shape index (κ1) is 25.4. The molecule has 0 aliphatic rings. The zero-order chi connectivity index (χ0) is 21.5. The molecule has 0 heterocycles. The van der Waals surface area contributed by atoms with Crippen LogP contribution in [-0.2, 0) is 11.2 Å². The minimum absolute atomic E-state index is 0.129. The van der Waals surface area contributed by atoms with Gasteiger partial charge in [0.15, 0.2) is 0 Å². The van der Waals surface area contributed by atoms with Crippen molar-refractivity contribution in [1.82, 2.24) is 10.6 Å². The van der Waals surface area contributed by atoms with Gasteiger partial charge >= 0.3 is 0 Å². The molecule has 1 atom stereocenters. The lowest BCUT2D eigenvalue weighted by molar-refractivity contribution is -0.121. The van der Waals surface area contributed by atoms with Crippen molar-refractivity contribution in [2.75, 3.05) is 13.6 Å². The molecule has 0 saturated heterocycles. The summed E-state index contributed by atoms with van der Waals surface area (Å²) in [7, 11) is 1.95. The molecule has 0 radical (unpaired) electrons. The zero-order valence-electron chi connectivity index (χ0n) is 19.4. The highest BCUT2D eigenvalue weighted by atomic mass is 16.1. The number of amides is 1. The maximum atomic E-state index is 12.4. The van der Waals surface area contributed by atoms with Crippen LogP contribution in [0.3, 0.4) is 0 Å². The lowest BCUT2D eigenvalue weighted by atomic mass is 10.1. The zero-order valence-corrected chi connectivity index (χ0v) is 19.4. The molecule has 1 amide bonds. The van der Waals surface area contributed by atoms with E-state index in [1.165, 1.54) is 49.7 Å². The van der Waals surface area contributed by atoms with E-state index in [9.17, 15) is 4.79 Å². The smallest absolute Gasteiger partial charge is 0.220 e. The van der Waals surface area contributed by atoms with Crippen LogP contribution in [0.5, 0.6) is 0 Å². The molecule has 0 bridgehead atoms. The summed E-state index contributed by atoms with van der Waals surface area (Å²) in [5.74, 6) is 0.129. The first-order chi connectivity index (χ1) is 14.0. The second kappa shape index (κ2) is 15.2. The van der Waals surface area contributed by atoms with E-state index < -0.39 is 0 Å². The molecular formula is C25H43N3O. The number of carbonyl (C=O) groups is 1. The van der Waals surface area contributed by atoms with Crippen molar-refractivity contribution in [2.24, 2.45) is 4.99 Å². The van der Waals surface area contributed by atoms with Crippen LogP contribution < -0.4 is 10.6 Å². The van der Waals surface area contributed by atoms with Gasteiger partial charge in [-0.15, -0.1) is 0 Å². The summed E-state index contributed by atoms with van der Waals surface area (Å²) < 4.78 is 0. The Kier molecular flexibility index (Phi) is 13.3. The molecule has 0 spiro atoms. The number of aryl methyl sites for hydroxylation is 2. The predicted molar refractivity (Wildman–Crippen MR) is 126 cm³/mol. The highest BCUT2D eigenvalue weighted by Gasteiger charge is 2.12. The average Bonchev–Trinajstić information content (AvgIpc) is 2.70. The first-order valence-electron chi connectivity index (χ1n) is 11.6. The van der Waals surface area contributed by atoms with Crippen molar-refractivity contribution in [2.45, 2.75) is 97.9 Å². The predicted octanol–water partition coefficient (Wildman–Crippen LogP) is 5.88. The number of rotatable bonds is 15. The van der Waals surface area contributed by atoms with Crippen LogP contribution in [-0.4, -0.2) is 31.3 Å². The van der Waals surface area contributed by atoms with Gasteiger partial charge in [0, 0.05) is 24.7 Å². The van der Waals surface area contributed by atoms with Crippen LogP contribution in [0.2, 0.25) is 0 Å². The standard InChI is InChI=1S/C25H43N3O/c1-6-8-9-10-11-12-13-23(19-26-5)28-25(29)17-14-21(4)27-24-16-15-22(7-2)18-20(24)3/h15-16,18,23,26H,6-14,17,19H2,1-5H3,(H,28,29). The number of likely N-dealkylation sites (N-methyl/N-ethyl adjacent to an activating group) is 1. The lowest BCUT2D eigenvalue weighted by Gasteiger charge is -2.18. The van der Waals surface area contributed by atoms with Gasteiger partial charge in [0.2, 0.25) is 5.91 Å². The fraction of sp³-hybridized carbons (Fsp3) is 0.680. The Morgan fingerprint density at radius 2 is 1.79 bits per heavy atom.